The average Bonchev–Trinajstić information content (AvgIpc) is 2.60. The van der Waals surface area contributed by atoms with Crippen LogP contribution in [-0.4, -0.2) is 38.5 Å². The monoisotopic (exact) mass is 263 g/mol. The highest BCUT2D eigenvalue weighted by Gasteiger charge is 2.14. The molecule has 0 spiro atoms. The number of rotatable bonds is 7. The van der Waals surface area contributed by atoms with Gasteiger partial charge in [0.2, 0.25) is 0 Å². The second-order valence-corrected chi connectivity index (χ2v) is 4.84. The Morgan fingerprint density at radius 1 is 1.59 bits per heavy atom. The second-order valence-electron chi connectivity index (χ2n) is 3.34. The van der Waals surface area contributed by atoms with Crippen molar-refractivity contribution in [1.82, 2.24) is 14.5 Å². The van der Waals surface area contributed by atoms with Gasteiger partial charge in [-0.1, -0.05) is 0 Å². The summed E-state index contributed by atoms with van der Waals surface area (Å²) in [5, 5.41) is 3.93. The van der Waals surface area contributed by atoms with Gasteiger partial charge in [-0.2, -0.15) is 18.2 Å². The fraction of sp³-hybridized carbons (Fsp3) is 0.625. The Bertz CT molecular complexity index is 456. The Balaban J connectivity index is 2.72. The van der Waals surface area contributed by atoms with Gasteiger partial charge in [0.1, 0.15) is 5.82 Å². The van der Waals surface area contributed by atoms with Crippen molar-refractivity contribution in [2.45, 2.75) is 6.54 Å². The predicted octanol–water partition coefficient (Wildman–Crippen LogP) is -1.23. The summed E-state index contributed by atoms with van der Waals surface area (Å²) < 4.78 is 34.1. The molecule has 0 saturated heterocycles. The summed E-state index contributed by atoms with van der Waals surface area (Å²) in [5.74, 6) is 0.359. The molecule has 4 N–H and O–H groups in total. The minimum atomic E-state index is -3.63. The average molecular weight is 263 g/mol. The molecule has 1 rings (SSSR count). The van der Waals surface area contributed by atoms with E-state index in [0.29, 0.717) is 18.0 Å². The van der Waals surface area contributed by atoms with Crippen LogP contribution in [0.25, 0.3) is 0 Å². The fourth-order valence-electron chi connectivity index (χ4n) is 1.21. The molecule has 0 atom stereocenters. The Kier molecular flexibility index (Phi) is 4.87. The Labute approximate surface area is 100 Å². The maximum atomic E-state index is 11.6. The lowest BCUT2D eigenvalue weighted by Crippen LogP contribution is -2.33. The first kappa shape index (κ1) is 13.9. The maximum absolute atomic E-state index is 11.6. The lowest BCUT2D eigenvalue weighted by molar-refractivity contribution is 0.204. The summed E-state index contributed by atoms with van der Waals surface area (Å²) in [7, 11) is -0.502. The van der Waals surface area contributed by atoms with Crippen LogP contribution in [-0.2, 0) is 28.5 Å². The Morgan fingerprint density at radius 2 is 2.29 bits per heavy atom. The van der Waals surface area contributed by atoms with Crippen LogP contribution in [0.5, 0.6) is 0 Å². The van der Waals surface area contributed by atoms with Crippen molar-refractivity contribution in [2.24, 2.45) is 12.8 Å². The van der Waals surface area contributed by atoms with Gasteiger partial charge in [-0.15, -0.1) is 0 Å². The number of ether oxygens (including phenoxy) is 1. The van der Waals surface area contributed by atoms with Crippen LogP contribution in [0.3, 0.4) is 0 Å². The predicted molar refractivity (Wildman–Crippen MR) is 63.5 cm³/mol. The highest BCUT2D eigenvalue weighted by Crippen LogP contribution is 2.13. The largest absolute Gasteiger partial charge is 0.383 e. The molecule has 9 heteroatoms. The Hall–Kier alpha value is -1.16. The van der Waals surface area contributed by atoms with Crippen LogP contribution in [0.4, 0.5) is 5.82 Å². The summed E-state index contributed by atoms with van der Waals surface area (Å²) in [4.78, 5) is 0. The molecule has 0 bridgehead atoms. The lowest BCUT2D eigenvalue weighted by Gasteiger charge is -2.10. The smallest absolute Gasteiger partial charge is 0.300 e. The quantitative estimate of drug-likeness (QED) is 0.533. The van der Waals surface area contributed by atoms with E-state index in [1.54, 1.807) is 7.05 Å². The molecular formula is C8H17N5O3S. The fourth-order valence-corrected chi connectivity index (χ4v) is 2.15. The van der Waals surface area contributed by atoms with Crippen LogP contribution in [0.15, 0.2) is 6.20 Å². The van der Waals surface area contributed by atoms with Gasteiger partial charge in [0.15, 0.2) is 0 Å². The summed E-state index contributed by atoms with van der Waals surface area (Å²) >= 11 is 0. The number of aromatic nitrogens is 2. The van der Waals surface area contributed by atoms with Crippen LogP contribution < -0.4 is 15.2 Å². The zero-order valence-electron chi connectivity index (χ0n) is 9.80. The molecule has 17 heavy (non-hydrogen) atoms. The van der Waals surface area contributed by atoms with Crippen LogP contribution in [0.1, 0.15) is 5.56 Å². The van der Waals surface area contributed by atoms with Crippen LogP contribution >= 0.6 is 0 Å². The first-order valence-corrected chi connectivity index (χ1v) is 6.45. The zero-order valence-corrected chi connectivity index (χ0v) is 10.6. The Morgan fingerprint density at radius 3 is 2.88 bits per heavy atom. The van der Waals surface area contributed by atoms with E-state index < -0.39 is 10.2 Å². The molecule has 0 unspecified atom stereocenters. The molecule has 0 radical (unpaired) electrons. The zero-order chi connectivity index (χ0) is 12.9. The van der Waals surface area contributed by atoms with Gasteiger partial charge in [-0.25, -0.2) is 0 Å². The molecule has 0 aliphatic heterocycles. The van der Waals surface area contributed by atoms with Gasteiger partial charge in [0.05, 0.1) is 12.8 Å². The summed E-state index contributed by atoms with van der Waals surface area (Å²) in [6.07, 6.45) is 1.52. The summed E-state index contributed by atoms with van der Waals surface area (Å²) in [6, 6.07) is 0. The number of aryl methyl sites for hydroxylation is 1. The molecule has 0 aliphatic rings. The van der Waals surface area contributed by atoms with Crippen molar-refractivity contribution in [2.75, 3.05) is 25.0 Å². The molecule has 1 heterocycles. The molecular weight excluding hydrogens is 246 g/mol. The molecule has 98 valence electrons. The third-order valence-electron chi connectivity index (χ3n) is 2.06. The van der Waals surface area contributed by atoms with E-state index in [1.807, 2.05) is 0 Å². The number of hydrogen-bond donors (Lipinski definition) is 3. The van der Waals surface area contributed by atoms with E-state index in [0.717, 1.165) is 0 Å². The van der Waals surface area contributed by atoms with Crippen molar-refractivity contribution in [1.29, 1.82) is 0 Å². The summed E-state index contributed by atoms with van der Waals surface area (Å²) in [6.45, 7) is 0.710. The first-order chi connectivity index (χ1) is 8.00. The van der Waals surface area contributed by atoms with Crippen LogP contribution in [0, 0.1) is 0 Å². The number of methoxy groups -OCH3 is 1. The van der Waals surface area contributed by atoms with Crippen molar-refractivity contribution < 1.29 is 13.2 Å². The van der Waals surface area contributed by atoms with Gasteiger partial charge >= 0.3 is 0 Å². The van der Waals surface area contributed by atoms with Crippen molar-refractivity contribution >= 4 is 16.0 Å². The number of nitrogens with zero attached hydrogens (tertiary/aromatic N) is 2. The number of nitrogens with one attached hydrogen (secondary N) is 2. The van der Waals surface area contributed by atoms with E-state index in [4.69, 9.17) is 10.5 Å². The minimum Gasteiger partial charge on any atom is -0.383 e. The van der Waals surface area contributed by atoms with Gasteiger partial charge in [-0.05, 0) is 0 Å². The molecule has 0 amide bonds. The lowest BCUT2D eigenvalue weighted by atomic mass is 10.3. The third kappa shape index (κ3) is 3.97. The van der Waals surface area contributed by atoms with Gasteiger partial charge in [0, 0.05) is 32.8 Å². The molecule has 0 aliphatic carbocycles. The molecule has 1 aromatic rings. The van der Waals surface area contributed by atoms with E-state index in [1.165, 1.54) is 18.0 Å². The topological polar surface area (TPSA) is 111 Å². The standard InChI is InChI=1S/C8H17N5O3S/c1-13-8(7(5-9)6-10-13)12-17(14,15)11-3-4-16-2/h6,11-12H,3-5,9H2,1-2H3. The van der Waals surface area contributed by atoms with Crippen molar-refractivity contribution in [3.05, 3.63) is 11.8 Å². The third-order valence-corrected chi connectivity index (χ3v) is 3.11. The first-order valence-electron chi connectivity index (χ1n) is 4.97. The van der Waals surface area contributed by atoms with E-state index in [-0.39, 0.29) is 13.1 Å². The van der Waals surface area contributed by atoms with Crippen molar-refractivity contribution in [3.8, 4) is 0 Å². The van der Waals surface area contributed by atoms with Gasteiger partial charge in [-0.3, -0.25) is 9.40 Å². The number of hydrogen-bond acceptors (Lipinski definition) is 5. The van der Waals surface area contributed by atoms with Gasteiger partial charge < -0.3 is 10.5 Å². The van der Waals surface area contributed by atoms with Crippen LogP contribution in [0.2, 0.25) is 0 Å². The van der Waals surface area contributed by atoms with Gasteiger partial charge in [0.25, 0.3) is 10.2 Å². The molecule has 0 saturated carbocycles. The molecule has 8 nitrogen and oxygen atoms in total. The van der Waals surface area contributed by atoms with E-state index in [2.05, 4.69) is 14.5 Å². The SMILES string of the molecule is COCCNS(=O)(=O)Nc1c(CN)cnn1C. The normalized spacial score (nSPS) is 11.7. The highest BCUT2D eigenvalue weighted by atomic mass is 32.2. The van der Waals surface area contributed by atoms with Crippen molar-refractivity contribution in [3.63, 3.8) is 0 Å². The second kappa shape index (κ2) is 5.96. The van der Waals surface area contributed by atoms with E-state index in [9.17, 15) is 8.42 Å². The highest BCUT2D eigenvalue weighted by molar-refractivity contribution is 7.90. The summed E-state index contributed by atoms with van der Waals surface area (Å²) in [5.41, 5.74) is 6.11. The number of anilines is 1. The molecule has 0 fully saturated rings. The van der Waals surface area contributed by atoms with E-state index >= 15 is 0 Å². The molecule has 1 aromatic heterocycles. The number of nitrogens with two attached hydrogens (primary N) is 1. The maximum Gasteiger partial charge on any atom is 0.300 e. The molecule has 0 aromatic carbocycles. The minimum absolute atomic E-state index is 0.196.